The molecule has 1 rings (SSSR count). The molecule has 0 spiro atoms. The fourth-order valence-corrected chi connectivity index (χ4v) is 1.89. The fraction of sp³-hybridized carbons (Fsp3) is 0.471. The summed E-state index contributed by atoms with van der Waals surface area (Å²) in [5.74, 6) is -0.687. The normalized spacial score (nSPS) is 10.1. The number of carbonyl (C=O) groups excluding carboxylic acids is 3. The van der Waals surface area contributed by atoms with E-state index in [9.17, 15) is 14.4 Å². The summed E-state index contributed by atoms with van der Waals surface area (Å²) in [4.78, 5) is 34.4. The predicted molar refractivity (Wildman–Crippen MR) is 89.5 cm³/mol. The minimum absolute atomic E-state index is 0.00948. The monoisotopic (exact) mass is 336 g/mol. The molecule has 1 aromatic carbocycles. The van der Waals surface area contributed by atoms with Crippen LogP contribution in [0.15, 0.2) is 24.3 Å². The van der Waals surface area contributed by atoms with Gasteiger partial charge in [0.1, 0.15) is 6.61 Å². The molecular weight excluding hydrogens is 312 g/mol. The van der Waals surface area contributed by atoms with Crippen molar-refractivity contribution >= 4 is 23.5 Å². The number of anilines is 1. The Hall–Kier alpha value is -2.41. The van der Waals surface area contributed by atoms with Gasteiger partial charge in [0.25, 0.3) is 0 Å². The lowest BCUT2D eigenvalue weighted by Gasteiger charge is -2.07. The summed E-state index contributed by atoms with van der Waals surface area (Å²) < 4.78 is 9.64. The molecule has 0 aliphatic carbocycles. The minimum Gasteiger partial charge on any atom is -0.463 e. The summed E-state index contributed by atoms with van der Waals surface area (Å²) in [5.41, 5.74) is 1.66. The number of carbonyl (C=O) groups is 3. The van der Waals surface area contributed by atoms with Gasteiger partial charge in [-0.2, -0.15) is 0 Å². The molecule has 2 N–H and O–H groups in total. The van der Waals surface area contributed by atoms with Crippen LogP contribution in [0.2, 0.25) is 0 Å². The van der Waals surface area contributed by atoms with Crippen LogP contribution in [0.4, 0.5) is 5.69 Å². The van der Waals surface area contributed by atoms with E-state index in [0.29, 0.717) is 25.1 Å². The number of aryl methyl sites for hydroxylation is 1. The average Bonchev–Trinajstić information content (AvgIpc) is 2.59. The number of rotatable bonds is 10. The Morgan fingerprint density at radius 2 is 1.67 bits per heavy atom. The second kappa shape index (κ2) is 11.2. The van der Waals surface area contributed by atoms with Crippen LogP contribution in [0.3, 0.4) is 0 Å². The van der Waals surface area contributed by atoms with Crippen LogP contribution >= 0.6 is 0 Å². The highest BCUT2D eigenvalue weighted by Crippen LogP contribution is 2.12. The molecule has 0 unspecified atom stereocenters. The van der Waals surface area contributed by atoms with E-state index in [0.717, 1.165) is 5.56 Å². The predicted octanol–water partition coefficient (Wildman–Crippen LogP) is 1.27. The van der Waals surface area contributed by atoms with Gasteiger partial charge in [-0.15, -0.1) is 0 Å². The highest BCUT2D eigenvalue weighted by atomic mass is 16.6. The summed E-state index contributed by atoms with van der Waals surface area (Å²) in [6, 6.07) is 7.26. The van der Waals surface area contributed by atoms with E-state index in [1.54, 1.807) is 19.2 Å². The van der Waals surface area contributed by atoms with Gasteiger partial charge in [0.15, 0.2) is 0 Å². The molecule has 0 aliphatic rings. The van der Waals surface area contributed by atoms with Gasteiger partial charge in [-0.05, 0) is 24.1 Å². The highest BCUT2D eigenvalue weighted by Gasteiger charge is 2.08. The first-order chi connectivity index (χ1) is 11.5. The molecule has 132 valence electrons. The topological polar surface area (TPSA) is 93.7 Å². The summed E-state index contributed by atoms with van der Waals surface area (Å²) in [5, 5.41) is 5.29. The second-order valence-electron chi connectivity index (χ2n) is 5.13. The number of benzene rings is 1. The molecule has 0 bridgehead atoms. The van der Waals surface area contributed by atoms with Crippen molar-refractivity contribution in [3.63, 3.8) is 0 Å². The number of hydrogen-bond acceptors (Lipinski definition) is 5. The van der Waals surface area contributed by atoms with Crippen LogP contribution < -0.4 is 10.6 Å². The summed E-state index contributed by atoms with van der Waals surface area (Å²) in [6.07, 6.45) is 1.15. The zero-order valence-electron chi connectivity index (χ0n) is 14.1. The number of esters is 1. The lowest BCUT2D eigenvalue weighted by Crippen LogP contribution is -2.18. The van der Waals surface area contributed by atoms with E-state index in [-0.39, 0.29) is 31.3 Å². The standard InChI is InChI=1S/C17H24N2O5/c1-18-15(20)8-5-13-3-6-14(7-4-13)19-16(21)9-10-17(22)24-12-11-23-2/h3-4,6-7H,5,8-12H2,1-2H3,(H,18,20)(H,19,21). The maximum absolute atomic E-state index is 11.8. The molecule has 0 aromatic heterocycles. The maximum Gasteiger partial charge on any atom is 0.306 e. The molecule has 1 aromatic rings. The first-order valence-corrected chi connectivity index (χ1v) is 7.79. The van der Waals surface area contributed by atoms with Gasteiger partial charge in [0.2, 0.25) is 11.8 Å². The molecule has 24 heavy (non-hydrogen) atoms. The van der Waals surface area contributed by atoms with Gasteiger partial charge in [-0.3, -0.25) is 14.4 Å². The molecule has 0 aliphatic heterocycles. The largest absolute Gasteiger partial charge is 0.463 e. The Balaban J connectivity index is 2.31. The Kier molecular flexibility index (Phi) is 9.14. The minimum atomic E-state index is -0.424. The second-order valence-corrected chi connectivity index (χ2v) is 5.13. The molecule has 0 heterocycles. The molecule has 0 atom stereocenters. The van der Waals surface area contributed by atoms with Crippen LogP contribution in [-0.2, 0) is 30.3 Å². The van der Waals surface area contributed by atoms with Crippen molar-refractivity contribution in [2.24, 2.45) is 0 Å². The lowest BCUT2D eigenvalue weighted by atomic mass is 10.1. The van der Waals surface area contributed by atoms with Crippen molar-refractivity contribution in [2.75, 3.05) is 32.7 Å². The molecule has 0 saturated carbocycles. The number of amides is 2. The van der Waals surface area contributed by atoms with Crippen molar-refractivity contribution in [3.8, 4) is 0 Å². The molecule has 0 fully saturated rings. The van der Waals surface area contributed by atoms with Crippen LogP contribution in [0.25, 0.3) is 0 Å². The van der Waals surface area contributed by atoms with E-state index >= 15 is 0 Å². The van der Waals surface area contributed by atoms with E-state index < -0.39 is 5.97 Å². The third-order valence-electron chi connectivity index (χ3n) is 3.26. The van der Waals surface area contributed by atoms with Crippen LogP contribution in [-0.4, -0.2) is 45.2 Å². The van der Waals surface area contributed by atoms with Crippen LogP contribution in [0.1, 0.15) is 24.8 Å². The zero-order valence-corrected chi connectivity index (χ0v) is 14.1. The Bertz CT molecular complexity index is 542. The lowest BCUT2D eigenvalue weighted by molar-refractivity contribution is -0.145. The Morgan fingerprint density at radius 1 is 0.958 bits per heavy atom. The fourth-order valence-electron chi connectivity index (χ4n) is 1.89. The van der Waals surface area contributed by atoms with Crippen molar-refractivity contribution in [1.82, 2.24) is 5.32 Å². The maximum atomic E-state index is 11.8. The number of nitrogens with one attached hydrogen (secondary N) is 2. The first kappa shape index (κ1) is 19.6. The average molecular weight is 336 g/mol. The molecule has 0 saturated heterocycles. The van der Waals surface area contributed by atoms with Gasteiger partial charge in [0.05, 0.1) is 13.0 Å². The van der Waals surface area contributed by atoms with Crippen molar-refractivity contribution < 1.29 is 23.9 Å². The Morgan fingerprint density at radius 3 is 2.29 bits per heavy atom. The number of hydrogen-bond donors (Lipinski definition) is 2. The zero-order chi connectivity index (χ0) is 17.8. The van der Waals surface area contributed by atoms with Crippen molar-refractivity contribution in [3.05, 3.63) is 29.8 Å². The highest BCUT2D eigenvalue weighted by molar-refractivity contribution is 5.92. The first-order valence-electron chi connectivity index (χ1n) is 7.79. The van der Waals surface area contributed by atoms with Gasteiger partial charge in [-0.1, -0.05) is 12.1 Å². The van der Waals surface area contributed by atoms with E-state index in [1.165, 1.54) is 7.11 Å². The van der Waals surface area contributed by atoms with E-state index in [4.69, 9.17) is 9.47 Å². The van der Waals surface area contributed by atoms with Crippen molar-refractivity contribution in [1.29, 1.82) is 0 Å². The number of ether oxygens (including phenoxy) is 2. The number of methoxy groups -OCH3 is 1. The van der Waals surface area contributed by atoms with Gasteiger partial charge in [0, 0.05) is 32.7 Å². The Labute approximate surface area is 141 Å². The molecule has 7 nitrogen and oxygen atoms in total. The summed E-state index contributed by atoms with van der Waals surface area (Å²) >= 11 is 0. The quantitative estimate of drug-likeness (QED) is 0.496. The van der Waals surface area contributed by atoms with Crippen molar-refractivity contribution in [2.45, 2.75) is 25.7 Å². The third kappa shape index (κ3) is 8.28. The molecule has 7 heteroatoms. The third-order valence-corrected chi connectivity index (χ3v) is 3.26. The molecule has 2 amide bonds. The summed E-state index contributed by atoms with van der Waals surface area (Å²) in [7, 11) is 3.12. The van der Waals surface area contributed by atoms with E-state index in [1.807, 2.05) is 12.1 Å². The SMILES string of the molecule is CNC(=O)CCc1ccc(NC(=O)CCC(=O)OCCOC)cc1. The van der Waals surface area contributed by atoms with Gasteiger partial charge >= 0.3 is 5.97 Å². The molecule has 0 radical (unpaired) electrons. The van der Waals surface area contributed by atoms with E-state index in [2.05, 4.69) is 10.6 Å². The van der Waals surface area contributed by atoms with Crippen LogP contribution in [0.5, 0.6) is 0 Å². The van der Waals surface area contributed by atoms with Crippen LogP contribution in [0, 0.1) is 0 Å². The molecular formula is C17H24N2O5. The van der Waals surface area contributed by atoms with Gasteiger partial charge < -0.3 is 20.1 Å². The smallest absolute Gasteiger partial charge is 0.306 e. The summed E-state index contributed by atoms with van der Waals surface area (Å²) in [6.45, 7) is 0.526. The van der Waals surface area contributed by atoms with Gasteiger partial charge in [-0.25, -0.2) is 0 Å².